The highest BCUT2D eigenvalue weighted by Gasteiger charge is 2.40. The fraction of sp³-hybridized carbons (Fsp3) is 0.417. The average Bonchev–Trinajstić information content (AvgIpc) is 2.31. The van der Waals surface area contributed by atoms with Gasteiger partial charge in [-0.1, -0.05) is 30.3 Å². The molecule has 3 N–H and O–H groups in total. The molecule has 0 saturated heterocycles. The van der Waals surface area contributed by atoms with Crippen molar-refractivity contribution < 1.29 is 17.9 Å². The number of hydrogen-bond acceptors (Lipinski definition) is 4. The Labute approximate surface area is 112 Å². The van der Waals surface area contributed by atoms with E-state index in [0.717, 1.165) is 5.56 Å². The van der Waals surface area contributed by atoms with Gasteiger partial charge in [0.2, 0.25) is 10.0 Å². The summed E-state index contributed by atoms with van der Waals surface area (Å²) in [6.07, 6.45) is 0.450. The normalized spacial score (nSPS) is 22.4. The van der Waals surface area contributed by atoms with Crippen molar-refractivity contribution in [3.05, 3.63) is 35.9 Å². The smallest absolute Gasteiger partial charge is 0.407 e. The summed E-state index contributed by atoms with van der Waals surface area (Å²) < 4.78 is 27.4. The number of amides is 1. The van der Waals surface area contributed by atoms with Crippen LogP contribution < -0.4 is 10.5 Å². The Kier molecular flexibility index (Phi) is 4.06. The van der Waals surface area contributed by atoms with E-state index in [0.29, 0.717) is 12.8 Å². The number of benzene rings is 1. The summed E-state index contributed by atoms with van der Waals surface area (Å²) in [5.74, 6) is 0. The van der Waals surface area contributed by atoms with Crippen molar-refractivity contribution in [2.45, 2.75) is 30.7 Å². The molecule has 1 aliphatic rings. The first kappa shape index (κ1) is 13.8. The lowest BCUT2D eigenvalue weighted by molar-refractivity contribution is 0.130. The Balaban J connectivity index is 1.79. The van der Waals surface area contributed by atoms with Gasteiger partial charge in [-0.05, 0) is 18.4 Å². The van der Waals surface area contributed by atoms with Crippen LogP contribution in [-0.2, 0) is 21.4 Å². The Morgan fingerprint density at radius 2 is 2.00 bits per heavy atom. The van der Waals surface area contributed by atoms with Gasteiger partial charge in [-0.15, -0.1) is 0 Å². The molecule has 0 unspecified atom stereocenters. The van der Waals surface area contributed by atoms with Crippen molar-refractivity contribution in [1.82, 2.24) is 5.32 Å². The molecule has 0 bridgehead atoms. The molecule has 7 heteroatoms. The quantitative estimate of drug-likeness (QED) is 0.851. The fourth-order valence-electron chi connectivity index (χ4n) is 1.94. The fourth-order valence-corrected chi connectivity index (χ4v) is 3.07. The minimum atomic E-state index is -3.60. The second-order valence-electron chi connectivity index (χ2n) is 4.52. The highest BCUT2D eigenvalue weighted by atomic mass is 32.2. The largest absolute Gasteiger partial charge is 0.445 e. The lowest BCUT2D eigenvalue weighted by Crippen LogP contribution is -2.55. The van der Waals surface area contributed by atoms with Gasteiger partial charge in [0.25, 0.3) is 0 Å². The van der Waals surface area contributed by atoms with Crippen molar-refractivity contribution >= 4 is 16.1 Å². The Bertz CT molecular complexity index is 544. The number of hydrogen-bond donors (Lipinski definition) is 2. The third-order valence-electron chi connectivity index (χ3n) is 3.15. The number of primary sulfonamides is 1. The molecule has 0 aliphatic heterocycles. The molecule has 104 valence electrons. The van der Waals surface area contributed by atoms with Gasteiger partial charge in [-0.2, -0.15) is 0 Å². The van der Waals surface area contributed by atoms with Crippen molar-refractivity contribution in [2.24, 2.45) is 5.14 Å². The predicted molar refractivity (Wildman–Crippen MR) is 69.7 cm³/mol. The number of nitrogens with two attached hydrogens (primary N) is 1. The van der Waals surface area contributed by atoms with Gasteiger partial charge in [-0.3, -0.25) is 0 Å². The molecule has 6 nitrogen and oxygen atoms in total. The highest BCUT2D eigenvalue weighted by molar-refractivity contribution is 7.89. The minimum Gasteiger partial charge on any atom is -0.445 e. The summed E-state index contributed by atoms with van der Waals surface area (Å²) in [6, 6.07) is 8.79. The molecule has 1 aromatic carbocycles. The molecule has 2 atom stereocenters. The van der Waals surface area contributed by atoms with E-state index in [4.69, 9.17) is 9.88 Å². The molecule has 1 saturated carbocycles. The zero-order valence-electron chi connectivity index (χ0n) is 10.3. The first-order chi connectivity index (χ1) is 8.97. The number of carbonyl (C=O) groups is 1. The molecule has 1 amide bonds. The van der Waals surface area contributed by atoms with E-state index in [1.807, 2.05) is 30.3 Å². The van der Waals surface area contributed by atoms with E-state index >= 15 is 0 Å². The summed E-state index contributed by atoms with van der Waals surface area (Å²) in [7, 11) is -3.60. The van der Waals surface area contributed by atoms with Gasteiger partial charge >= 0.3 is 6.09 Å². The summed E-state index contributed by atoms with van der Waals surface area (Å²) in [5.41, 5.74) is 0.870. The second-order valence-corrected chi connectivity index (χ2v) is 6.30. The van der Waals surface area contributed by atoms with Gasteiger partial charge in [-0.25, -0.2) is 18.4 Å². The molecule has 0 spiro atoms. The lowest BCUT2D eigenvalue weighted by Gasteiger charge is -2.34. The van der Waals surface area contributed by atoms with E-state index in [-0.39, 0.29) is 6.61 Å². The van der Waals surface area contributed by atoms with Gasteiger partial charge < -0.3 is 10.1 Å². The molecule has 0 heterocycles. The highest BCUT2D eigenvalue weighted by Crippen LogP contribution is 2.25. The summed E-state index contributed by atoms with van der Waals surface area (Å²) in [6.45, 7) is 0.152. The van der Waals surface area contributed by atoms with Crippen LogP contribution in [0.5, 0.6) is 0 Å². The maximum Gasteiger partial charge on any atom is 0.407 e. The third kappa shape index (κ3) is 3.68. The van der Waals surface area contributed by atoms with Crippen LogP contribution in [0.15, 0.2) is 30.3 Å². The Hall–Kier alpha value is -1.60. The molecule has 1 aliphatic carbocycles. The van der Waals surface area contributed by atoms with Crippen molar-refractivity contribution in [2.75, 3.05) is 0 Å². The van der Waals surface area contributed by atoms with Gasteiger partial charge in [0.15, 0.2) is 0 Å². The van der Waals surface area contributed by atoms with Gasteiger partial charge in [0, 0.05) is 0 Å². The second kappa shape index (κ2) is 5.58. The van der Waals surface area contributed by atoms with Crippen LogP contribution in [0.3, 0.4) is 0 Å². The molecule has 0 aromatic heterocycles. The Morgan fingerprint density at radius 3 is 2.53 bits per heavy atom. The maximum atomic E-state index is 11.5. The number of alkyl carbamates (subject to hydrolysis) is 1. The van der Waals surface area contributed by atoms with Gasteiger partial charge in [0.05, 0.1) is 11.3 Å². The summed E-state index contributed by atoms with van der Waals surface area (Å²) in [5, 5.41) is 6.88. The SMILES string of the molecule is NS(=O)(=O)[C@@H]1CC[C@H]1NC(=O)OCc1ccccc1. The first-order valence-electron chi connectivity index (χ1n) is 5.95. The molecule has 1 fully saturated rings. The van der Waals surface area contributed by atoms with Crippen molar-refractivity contribution in [3.8, 4) is 0 Å². The predicted octanol–water partition coefficient (Wildman–Crippen LogP) is 0.732. The molecular weight excluding hydrogens is 268 g/mol. The molecule has 19 heavy (non-hydrogen) atoms. The van der Waals surface area contributed by atoms with E-state index in [2.05, 4.69) is 5.32 Å². The van der Waals surface area contributed by atoms with Gasteiger partial charge in [0.1, 0.15) is 6.61 Å². The van der Waals surface area contributed by atoms with Crippen molar-refractivity contribution in [3.63, 3.8) is 0 Å². The molecule has 1 aromatic rings. The summed E-state index contributed by atoms with van der Waals surface area (Å²) >= 11 is 0. The number of rotatable bonds is 4. The molecular formula is C12H16N2O4S. The van der Waals surface area contributed by atoms with Crippen LogP contribution in [-0.4, -0.2) is 25.8 Å². The standard InChI is InChI=1S/C12H16N2O4S/c13-19(16,17)11-7-6-10(11)14-12(15)18-8-9-4-2-1-3-5-9/h1-5,10-11H,6-8H2,(H,14,15)(H2,13,16,17)/t10-,11-/m1/s1. The zero-order chi connectivity index (χ0) is 13.9. The van der Waals surface area contributed by atoms with Crippen LogP contribution in [0.25, 0.3) is 0 Å². The monoisotopic (exact) mass is 284 g/mol. The van der Waals surface area contributed by atoms with Crippen LogP contribution in [0.1, 0.15) is 18.4 Å². The zero-order valence-corrected chi connectivity index (χ0v) is 11.1. The number of sulfonamides is 1. The van der Waals surface area contributed by atoms with E-state index in [1.54, 1.807) is 0 Å². The van der Waals surface area contributed by atoms with Crippen LogP contribution >= 0.6 is 0 Å². The van der Waals surface area contributed by atoms with E-state index < -0.39 is 27.4 Å². The maximum absolute atomic E-state index is 11.5. The topological polar surface area (TPSA) is 98.5 Å². The van der Waals surface area contributed by atoms with Crippen molar-refractivity contribution in [1.29, 1.82) is 0 Å². The lowest BCUT2D eigenvalue weighted by atomic mass is 9.92. The minimum absolute atomic E-state index is 0.152. The number of nitrogens with one attached hydrogen (secondary N) is 1. The third-order valence-corrected chi connectivity index (χ3v) is 4.56. The number of ether oxygens (including phenoxy) is 1. The Morgan fingerprint density at radius 1 is 1.32 bits per heavy atom. The van der Waals surface area contributed by atoms with Crippen LogP contribution in [0.2, 0.25) is 0 Å². The molecule has 2 rings (SSSR count). The molecule has 0 radical (unpaired) electrons. The first-order valence-corrected chi connectivity index (χ1v) is 7.56. The van der Waals surface area contributed by atoms with Crippen LogP contribution in [0.4, 0.5) is 4.79 Å². The summed E-state index contributed by atoms with van der Waals surface area (Å²) in [4.78, 5) is 11.5. The number of carbonyl (C=O) groups excluding carboxylic acids is 1. The van der Waals surface area contributed by atoms with E-state index in [1.165, 1.54) is 0 Å². The van der Waals surface area contributed by atoms with Crippen LogP contribution in [0, 0.1) is 0 Å². The van der Waals surface area contributed by atoms with E-state index in [9.17, 15) is 13.2 Å². The average molecular weight is 284 g/mol.